The number of allylic oxidation sites excluding steroid dienone is 2. The van der Waals surface area contributed by atoms with Crippen LogP contribution in [0.2, 0.25) is 5.02 Å². The Kier molecular flexibility index (Phi) is 3.44. The van der Waals surface area contributed by atoms with Crippen molar-refractivity contribution in [1.29, 1.82) is 0 Å². The summed E-state index contributed by atoms with van der Waals surface area (Å²) in [7, 11) is 0. The highest BCUT2D eigenvalue weighted by Gasteiger charge is 2.39. The highest BCUT2D eigenvalue weighted by Crippen LogP contribution is 2.35. The first-order valence-corrected chi connectivity index (χ1v) is 6.08. The summed E-state index contributed by atoms with van der Waals surface area (Å²) in [6.07, 6.45) is 5.07. The van der Waals surface area contributed by atoms with Gasteiger partial charge in [0.25, 0.3) is 0 Å². The molecule has 0 radical (unpaired) electrons. The summed E-state index contributed by atoms with van der Waals surface area (Å²) in [5, 5.41) is 0.564. The molecule has 2 rings (SSSR count). The molecular formula is C14H13ClN2O2. The molecule has 1 atom stereocenters. The number of halogens is 1. The second-order valence-electron chi connectivity index (χ2n) is 4.43. The van der Waals surface area contributed by atoms with E-state index < -0.39 is 17.2 Å². The smallest absolute Gasteiger partial charge is 0.244 e. The minimum Gasteiger partial charge on any atom is -0.369 e. The summed E-state index contributed by atoms with van der Waals surface area (Å²) in [5.74, 6) is -1.08. The van der Waals surface area contributed by atoms with Crippen LogP contribution in [0, 0.1) is 0 Å². The van der Waals surface area contributed by atoms with E-state index in [1.165, 1.54) is 0 Å². The van der Waals surface area contributed by atoms with Gasteiger partial charge in [-0.05, 0) is 24.1 Å². The largest absolute Gasteiger partial charge is 0.369 e. The summed E-state index contributed by atoms with van der Waals surface area (Å²) >= 11 is 5.83. The average Bonchev–Trinajstić information content (AvgIpc) is 2.39. The van der Waals surface area contributed by atoms with E-state index in [0.29, 0.717) is 16.2 Å². The Morgan fingerprint density at radius 1 is 1.16 bits per heavy atom. The normalized spacial score (nSPS) is 21.8. The topological polar surface area (TPSA) is 86.2 Å². The molecule has 1 unspecified atom stereocenters. The number of nitrogens with two attached hydrogens (primary N) is 2. The van der Waals surface area contributed by atoms with Crippen molar-refractivity contribution in [3.05, 3.63) is 58.7 Å². The lowest BCUT2D eigenvalue weighted by molar-refractivity contribution is -0.122. The average molecular weight is 277 g/mol. The summed E-state index contributed by atoms with van der Waals surface area (Å²) in [6, 6.07) is 6.80. The molecule has 0 fully saturated rings. The van der Waals surface area contributed by atoms with Gasteiger partial charge < -0.3 is 11.5 Å². The lowest BCUT2D eigenvalue weighted by Gasteiger charge is -2.30. The zero-order valence-electron chi connectivity index (χ0n) is 10.1. The van der Waals surface area contributed by atoms with Crippen molar-refractivity contribution in [3.8, 4) is 0 Å². The Morgan fingerprint density at radius 3 is 2.32 bits per heavy atom. The van der Waals surface area contributed by atoms with Gasteiger partial charge in [-0.25, -0.2) is 0 Å². The number of amides is 2. The zero-order chi connectivity index (χ0) is 14.0. The maximum absolute atomic E-state index is 11.9. The maximum atomic E-state index is 11.9. The van der Waals surface area contributed by atoms with Crippen molar-refractivity contribution >= 4 is 23.4 Å². The lowest BCUT2D eigenvalue weighted by Crippen LogP contribution is -2.42. The third-order valence-corrected chi connectivity index (χ3v) is 3.51. The quantitative estimate of drug-likeness (QED) is 0.875. The molecule has 1 aromatic rings. The molecule has 1 aliphatic rings. The van der Waals surface area contributed by atoms with Gasteiger partial charge in [-0.1, -0.05) is 42.0 Å². The van der Waals surface area contributed by atoms with Gasteiger partial charge >= 0.3 is 0 Å². The van der Waals surface area contributed by atoms with Crippen LogP contribution in [0.25, 0.3) is 0 Å². The first-order chi connectivity index (χ1) is 8.95. The monoisotopic (exact) mass is 276 g/mol. The molecule has 19 heavy (non-hydrogen) atoms. The van der Waals surface area contributed by atoms with E-state index in [-0.39, 0.29) is 6.42 Å². The molecule has 0 spiro atoms. The van der Waals surface area contributed by atoms with Crippen LogP contribution in [0.15, 0.2) is 48.1 Å². The van der Waals surface area contributed by atoms with E-state index >= 15 is 0 Å². The number of hydrogen-bond donors (Lipinski definition) is 2. The predicted octanol–water partition coefficient (Wildman–Crippen LogP) is 1.43. The van der Waals surface area contributed by atoms with Crippen molar-refractivity contribution in [1.82, 2.24) is 0 Å². The van der Waals surface area contributed by atoms with Crippen molar-refractivity contribution in [2.75, 3.05) is 0 Å². The van der Waals surface area contributed by atoms with Crippen LogP contribution in [-0.2, 0) is 15.0 Å². The Balaban J connectivity index is 2.49. The molecular weight excluding hydrogens is 264 g/mol. The van der Waals surface area contributed by atoms with E-state index in [1.807, 2.05) is 0 Å². The first-order valence-electron chi connectivity index (χ1n) is 5.70. The molecule has 0 aliphatic heterocycles. The molecule has 4 nitrogen and oxygen atoms in total. The molecule has 1 aromatic carbocycles. The van der Waals surface area contributed by atoms with Crippen molar-refractivity contribution in [2.45, 2.75) is 11.8 Å². The molecule has 4 N–H and O–H groups in total. The fourth-order valence-electron chi connectivity index (χ4n) is 2.17. The van der Waals surface area contributed by atoms with Crippen LogP contribution < -0.4 is 11.5 Å². The Morgan fingerprint density at radius 2 is 1.79 bits per heavy atom. The van der Waals surface area contributed by atoms with E-state index in [1.54, 1.807) is 42.5 Å². The summed E-state index contributed by atoms with van der Waals surface area (Å²) in [4.78, 5) is 23.2. The Hall–Kier alpha value is -2.07. The predicted molar refractivity (Wildman–Crippen MR) is 73.4 cm³/mol. The first kappa shape index (κ1) is 13.4. The van der Waals surface area contributed by atoms with Gasteiger partial charge in [-0.3, -0.25) is 9.59 Å². The van der Waals surface area contributed by atoms with E-state index in [9.17, 15) is 9.59 Å². The second-order valence-corrected chi connectivity index (χ2v) is 4.87. The van der Waals surface area contributed by atoms with Gasteiger partial charge in [-0.2, -0.15) is 0 Å². The van der Waals surface area contributed by atoms with Gasteiger partial charge in [0.1, 0.15) is 0 Å². The highest BCUT2D eigenvalue weighted by molar-refractivity contribution is 6.30. The van der Waals surface area contributed by atoms with Gasteiger partial charge in [0.2, 0.25) is 11.8 Å². The van der Waals surface area contributed by atoms with Crippen LogP contribution in [0.4, 0.5) is 0 Å². The van der Waals surface area contributed by atoms with Crippen molar-refractivity contribution in [2.24, 2.45) is 11.5 Å². The second kappa shape index (κ2) is 4.90. The van der Waals surface area contributed by atoms with Gasteiger partial charge in [0.15, 0.2) is 0 Å². The van der Waals surface area contributed by atoms with E-state index in [4.69, 9.17) is 23.1 Å². The minimum atomic E-state index is -1.05. The van der Waals surface area contributed by atoms with Crippen LogP contribution in [-0.4, -0.2) is 11.8 Å². The zero-order valence-corrected chi connectivity index (χ0v) is 10.9. The van der Waals surface area contributed by atoms with Crippen molar-refractivity contribution in [3.63, 3.8) is 0 Å². The molecule has 1 aliphatic carbocycles. The summed E-state index contributed by atoms with van der Waals surface area (Å²) < 4.78 is 0. The SMILES string of the molecule is NC(=O)C1=CC=CC(C(N)=O)(c2ccc(Cl)cc2)C1. The lowest BCUT2D eigenvalue weighted by atomic mass is 9.72. The van der Waals surface area contributed by atoms with Gasteiger partial charge in [0.05, 0.1) is 5.41 Å². The highest BCUT2D eigenvalue weighted by atomic mass is 35.5. The number of hydrogen-bond acceptors (Lipinski definition) is 2. The van der Waals surface area contributed by atoms with Crippen LogP contribution in [0.1, 0.15) is 12.0 Å². The van der Waals surface area contributed by atoms with Crippen molar-refractivity contribution < 1.29 is 9.59 Å². The fourth-order valence-corrected chi connectivity index (χ4v) is 2.30. The van der Waals surface area contributed by atoms with Crippen LogP contribution in [0.5, 0.6) is 0 Å². The van der Waals surface area contributed by atoms with Crippen LogP contribution >= 0.6 is 11.6 Å². The van der Waals surface area contributed by atoms with E-state index in [0.717, 1.165) is 0 Å². The minimum absolute atomic E-state index is 0.162. The molecule has 0 saturated carbocycles. The number of primary amides is 2. The third kappa shape index (κ3) is 2.39. The molecule has 0 bridgehead atoms. The fraction of sp³-hybridized carbons (Fsp3) is 0.143. The number of benzene rings is 1. The van der Waals surface area contributed by atoms with Gasteiger partial charge in [0, 0.05) is 10.6 Å². The number of carbonyl (C=O) groups excluding carboxylic acids is 2. The number of carbonyl (C=O) groups is 2. The molecule has 5 heteroatoms. The molecule has 0 saturated heterocycles. The summed E-state index contributed by atoms with van der Waals surface area (Å²) in [6.45, 7) is 0. The molecule has 2 amide bonds. The molecule has 0 heterocycles. The molecule has 98 valence electrons. The Labute approximate surface area is 115 Å². The standard InChI is InChI=1S/C14H13ClN2O2/c15-11-5-3-10(4-6-11)14(13(17)19)7-1-2-9(8-14)12(16)18/h1-7H,8H2,(H2,16,18)(H2,17,19). The third-order valence-electron chi connectivity index (χ3n) is 3.26. The van der Waals surface area contributed by atoms with Gasteiger partial charge in [-0.15, -0.1) is 0 Å². The summed E-state index contributed by atoms with van der Waals surface area (Å²) in [5.41, 5.74) is 10.8. The van der Waals surface area contributed by atoms with E-state index in [2.05, 4.69) is 0 Å². The van der Waals surface area contributed by atoms with Crippen LogP contribution in [0.3, 0.4) is 0 Å². The number of rotatable bonds is 3. The maximum Gasteiger partial charge on any atom is 0.244 e. The molecule has 0 aromatic heterocycles. The Bertz CT molecular complexity index is 590.